The summed E-state index contributed by atoms with van der Waals surface area (Å²) in [5, 5.41) is 3.74. The van der Waals surface area contributed by atoms with Crippen LogP contribution in [-0.4, -0.2) is 18.0 Å². The lowest BCUT2D eigenvalue weighted by atomic mass is 10.2. The molecule has 0 saturated heterocycles. The minimum absolute atomic E-state index is 0.0812. The van der Waals surface area contributed by atoms with Crippen molar-refractivity contribution in [3.05, 3.63) is 70.5 Å². The van der Waals surface area contributed by atoms with E-state index in [-0.39, 0.29) is 18.1 Å². The highest BCUT2D eigenvalue weighted by molar-refractivity contribution is 7.15. The molecule has 0 aliphatic rings. The molecule has 0 aliphatic heterocycles. The van der Waals surface area contributed by atoms with E-state index < -0.39 is 0 Å². The second-order valence-corrected chi connectivity index (χ2v) is 6.92. The molecule has 0 saturated carbocycles. The number of methoxy groups -OCH3 is 1. The summed E-state index contributed by atoms with van der Waals surface area (Å²) < 4.78 is 18.1. The molecule has 0 bridgehead atoms. The van der Waals surface area contributed by atoms with Crippen LogP contribution in [0, 0.1) is 12.7 Å². The number of hydrogen-bond acceptors (Lipinski definition) is 4. The number of ether oxygens (including phenoxy) is 1. The molecular formula is C20H19FN2O2S. The molecule has 3 aromatic rings. The molecule has 0 atom stereocenters. The van der Waals surface area contributed by atoms with E-state index in [1.54, 1.807) is 19.2 Å². The van der Waals surface area contributed by atoms with Crippen LogP contribution < -0.4 is 10.1 Å². The number of aryl methyl sites for hydroxylation is 1. The van der Waals surface area contributed by atoms with Crippen molar-refractivity contribution in [1.29, 1.82) is 0 Å². The van der Waals surface area contributed by atoms with E-state index in [1.165, 1.54) is 23.5 Å². The Morgan fingerprint density at radius 3 is 2.50 bits per heavy atom. The fourth-order valence-electron chi connectivity index (χ4n) is 2.46. The van der Waals surface area contributed by atoms with Gasteiger partial charge in [0, 0.05) is 17.0 Å². The van der Waals surface area contributed by atoms with Crippen LogP contribution in [0.3, 0.4) is 0 Å². The quantitative estimate of drug-likeness (QED) is 0.710. The smallest absolute Gasteiger partial charge is 0.225 e. The number of hydrogen-bond donors (Lipinski definition) is 1. The van der Waals surface area contributed by atoms with Gasteiger partial charge in [0.25, 0.3) is 0 Å². The van der Waals surface area contributed by atoms with E-state index in [2.05, 4.69) is 10.3 Å². The number of carbonyl (C=O) groups excluding carboxylic acids is 1. The molecule has 1 N–H and O–H groups in total. The summed E-state index contributed by atoms with van der Waals surface area (Å²) >= 11 is 1.52. The molecule has 6 heteroatoms. The molecule has 4 nitrogen and oxygen atoms in total. The van der Waals surface area contributed by atoms with Gasteiger partial charge in [-0.05, 0) is 48.9 Å². The summed E-state index contributed by atoms with van der Waals surface area (Å²) in [4.78, 5) is 17.7. The van der Waals surface area contributed by atoms with Crippen molar-refractivity contribution in [2.45, 2.75) is 19.9 Å². The van der Waals surface area contributed by atoms with Crippen LogP contribution in [0.5, 0.6) is 5.75 Å². The van der Waals surface area contributed by atoms with E-state index in [1.807, 2.05) is 31.2 Å². The fourth-order valence-corrected chi connectivity index (χ4v) is 3.53. The normalized spacial score (nSPS) is 10.6. The summed E-state index contributed by atoms with van der Waals surface area (Å²) in [6, 6.07) is 13.8. The van der Waals surface area contributed by atoms with Gasteiger partial charge in [0.1, 0.15) is 16.6 Å². The first kappa shape index (κ1) is 18.1. The van der Waals surface area contributed by atoms with Gasteiger partial charge in [-0.25, -0.2) is 9.37 Å². The Morgan fingerprint density at radius 1 is 1.15 bits per heavy atom. The summed E-state index contributed by atoms with van der Waals surface area (Å²) in [5.74, 6) is 0.427. The lowest BCUT2D eigenvalue weighted by Gasteiger charge is -2.04. The van der Waals surface area contributed by atoms with Crippen molar-refractivity contribution in [3.8, 4) is 16.3 Å². The van der Waals surface area contributed by atoms with Crippen molar-refractivity contribution in [2.75, 3.05) is 7.11 Å². The van der Waals surface area contributed by atoms with Crippen molar-refractivity contribution >= 4 is 17.2 Å². The van der Waals surface area contributed by atoms with Gasteiger partial charge in [-0.15, -0.1) is 11.3 Å². The molecule has 1 amide bonds. The van der Waals surface area contributed by atoms with Crippen LogP contribution in [0.1, 0.15) is 16.1 Å². The number of nitrogens with zero attached hydrogens (tertiary/aromatic N) is 1. The molecule has 1 heterocycles. The predicted molar refractivity (Wildman–Crippen MR) is 101 cm³/mol. The molecule has 3 rings (SSSR count). The SMILES string of the molecule is COc1ccc(-c2nc(C)c(CC(=O)NCc3ccc(F)cc3)s2)cc1. The maximum Gasteiger partial charge on any atom is 0.225 e. The maximum atomic E-state index is 12.9. The second kappa shape index (κ2) is 8.10. The first-order valence-corrected chi connectivity index (χ1v) is 8.98. The molecule has 0 unspecified atom stereocenters. The van der Waals surface area contributed by atoms with Crippen molar-refractivity contribution in [2.24, 2.45) is 0 Å². The van der Waals surface area contributed by atoms with Gasteiger partial charge in [0.2, 0.25) is 5.91 Å². The highest BCUT2D eigenvalue weighted by Gasteiger charge is 2.13. The number of amides is 1. The Morgan fingerprint density at radius 2 is 1.85 bits per heavy atom. The van der Waals surface area contributed by atoms with Crippen LogP contribution >= 0.6 is 11.3 Å². The van der Waals surface area contributed by atoms with E-state index in [9.17, 15) is 9.18 Å². The van der Waals surface area contributed by atoms with Crippen molar-refractivity contribution in [1.82, 2.24) is 10.3 Å². The Balaban J connectivity index is 1.63. The minimum Gasteiger partial charge on any atom is -0.497 e. The van der Waals surface area contributed by atoms with Crippen molar-refractivity contribution in [3.63, 3.8) is 0 Å². The second-order valence-electron chi connectivity index (χ2n) is 5.84. The molecular weight excluding hydrogens is 351 g/mol. The summed E-state index contributed by atoms with van der Waals surface area (Å²) in [5.41, 5.74) is 2.72. The molecule has 134 valence electrons. The van der Waals surface area contributed by atoms with Crippen LogP contribution in [-0.2, 0) is 17.8 Å². The monoisotopic (exact) mass is 370 g/mol. The summed E-state index contributed by atoms with van der Waals surface area (Å²) in [7, 11) is 1.63. The van der Waals surface area contributed by atoms with Crippen LogP contribution in [0.15, 0.2) is 48.5 Å². The number of rotatable bonds is 6. The number of nitrogens with one attached hydrogen (secondary N) is 1. The molecule has 1 aromatic heterocycles. The van der Waals surface area contributed by atoms with Crippen LogP contribution in [0.4, 0.5) is 4.39 Å². The molecule has 0 spiro atoms. The lowest BCUT2D eigenvalue weighted by Crippen LogP contribution is -2.24. The molecule has 0 aliphatic carbocycles. The molecule has 2 aromatic carbocycles. The maximum absolute atomic E-state index is 12.9. The van der Waals surface area contributed by atoms with E-state index in [0.29, 0.717) is 6.54 Å². The number of aromatic nitrogens is 1. The molecule has 0 radical (unpaired) electrons. The minimum atomic E-state index is -0.286. The van der Waals surface area contributed by atoms with E-state index in [4.69, 9.17) is 4.74 Å². The fraction of sp³-hybridized carbons (Fsp3) is 0.200. The zero-order chi connectivity index (χ0) is 18.5. The zero-order valence-electron chi connectivity index (χ0n) is 14.6. The Bertz CT molecular complexity index is 889. The standard InChI is InChI=1S/C20H19FN2O2S/c1-13-18(11-19(24)22-12-14-3-7-16(21)8-4-14)26-20(23-13)15-5-9-17(25-2)10-6-15/h3-10H,11-12H2,1-2H3,(H,22,24). The third-order valence-corrected chi connectivity index (χ3v) is 5.16. The van der Waals surface area contributed by atoms with Gasteiger partial charge < -0.3 is 10.1 Å². The van der Waals surface area contributed by atoms with E-state index >= 15 is 0 Å². The van der Waals surface area contributed by atoms with Gasteiger partial charge in [-0.1, -0.05) is 12.1 Å². The average Bonchev–Trinajstić information content (AvgIpc) is 3.02. The van der Waals surface area contributed by atoms with Gasteiger partial charge >= 0.3 is 0 Å². The van der Waals surface area contributed by atoms with E-state index in [0.717, 1.165) is 32.5 Å². The Hall–Kier alpha value is -2.73. The first-order chi connectivity index (χ1) is 12.5. The third kappa shape index (κ3) is 4.46. The number of halogens is 1. The zero-order valence-corrected chi connectivity index (χ0v) is 15.4. The number of carbonyl (C=O) groups is 1. The van der Waals surface area contributed by atoms with Gasteiger partial charge in [0.05, 0.1) is 19.2 Å². The van der Waals surface area contributed by atoms with Gasteiger partial charge in [0.15, 0.2) is 0 Å². The average molecular weight is 370 g/mol. The topological polar surface area (TPSA) is 51.2 Å². The highest BCUT2D eigenvalue weighted by Crippen LogP contribution is 2.29. The Kier molecular flexibility index (Phi) is 5.63. The predicted octanol–water partition coefficient (Wildman–Crippen LogP) is 4.13. The highest BCUT2D eigenvalue weighted by atomic mass is 32.1. The number of thiazole rings is 1. The van der Waals surface area contributed by atoms with Crippen LogP contribution in [0.2, 0.25) is 0 Å². The lowest BCUT2D eigenvalue weighted by molar-refractivity contribution is -0.120. The van der Waals surface area contributed by atoms with Crippen LogP contribution in [0.25, 0.3) is 10.6 Å². The largest absolute Gasteiger partial charge is 0.497 e. The number of benzene rings is 2. The van der Waals surface area contributed by atoms with Gasteiger partial charge in [-0.2, -0.15) is 0 Å². The third-order valence-electron chi connectivity index (χ3n) is 3.95. The summed E-state index contributed by atoms with van der Waals surface area (Å²) in [6.07, 6.45) is 0.279. The van der Waals surface area contributed by atoms with Gasteiger partial charge in [-0.3, -0.25) is 4.79 Å². The molecule has 26 heavy (non-hydrogen) atoms. The van der Waals surface area contributed by atoms with Crippen molar-refractivity contribution < 1.29 is 13.9 Å². The Labute approximate surface area is 155 Å². The first-order valence-electron chi connectivity index (χ1n) is 8.17. The molecule has 0 fully saturated rings. The summed E-state index contributed by atoms with van der Waals surface area (Å²) in [6.45, 7) is 2.29.